The van der Waals surface area contributed by atoms with Crippen molar-refractivity contribution in [1.29, 1.82) is 0 Å². The molecule has 1 aliphatic heterocycles. The lowest BCUT2D eigenvalue weighted by Crippen LogP contribution is -2.33. The van der Waals surface area contributed by atoms with E-state index in [0.29, 0.717) is 18.5 Å². The first-order valence-electron chi connectivity index (χ1n) is 9.11. The Morgan fingerprint density at radius 1 is 1.14 bits per heavy atom. The molecular weight excluding hydrogens is 394 g/mol. The maximum absolute atomic E-state index is 13.1. The van der Waals surface area contributed by atoms with Gasteiger partial charge in [-0.1, -0.05) is 24.3 Å². The molecule has 0 aliphatic carbocycles. The second-order valence-electron chi connectivity index (χ2n) is 6.84. The Morgan fingerprint density at radius 3 is 2.64 bits per heavy atom. The smallest absolute Gasteiger partial charge is 0.257 e. The second-order valence-corrected chi connectivity index (χ2v) is 10.1. The maximum Gasteiger partial charge on any atom is 0.257 e. The highest BCUT2D eigenvalue weighted by Crippen LogP contribution is 2.32. The minimum absolute atomic E-state index is 0.0207. The van der Waals surface area contributed by atoms with Crippen molar-refractivity contribution in [3.63, 3.8) is 0 Å². The topological polar surface area (TPSA) is 72.3 Å². The SMILES string of the molecule is Cc1c(C(=O)N2CCC(c3cccs3)S(=O)(=O)CC2)cnn1-c1ccccc1. The standard InChI is InChI=1S/C20H21N3O3S2/c1-15-17(14-21-23(15)16-6-3-2-4-7-16)20(24)22-10-9-19(18-8-5-12-27-18)28(25,26)13-11-22/h2-8,12,14,19H,9-11,13H2,1H3. The van der Waals surface area contributed by atoms with Gasteiger partial charge in [0, 0.05) is 18.0 Å². The van der Waals surface area contributed by atoms with E-state index in [2.05, 4.69) is 5.10 Å². The quantitative estimate of drug-likeness (QED) is 0.658. The van der Waals surface area contributed by atoms with Gasteiger partial charge >= 0.3 is 0 Å². The minimum atomic E-state index is -3.28. The Hall–Kier alpha value is -2.45. The van der Waals surface area contributed by atoms with Gasteiger partial charge in [-0.2, -0.15) is 5.10 Å². The number of hydrogen-bond acceptors (Lipinski definition) is 5. The van der Waals surface area contributed by atoms with Crippen LogP contribution in [-0.4, -0.2) is 47.8 Å². The minimum Gasteiger partial charge on any atom is -0.337 e. The molecule has 1 fully saturated rings. The van der Waals surface area contributed by atoms with E-state index in [0.717, 1.165) is 16.3 Å². The number of amides is 1. The third kappa shape index (κ3) is 3.49. The number of para-hydroxylation sites is 1. The molecule has 3 aromatic rings. The lowest BCUT2D eigenvalue weighted by molar-refractivity contribution is 0.0766. The van der Waals surface area contributed by atoms with Crippen molar-refractivity contribution in [3.8, 4) is 5.69 Å². The van der Waals surface area contributed by atoms with Gasteiger partial charge in [0.1, 0.15) is 0 Å². The summed E-state index contributed by atoms with van der Waals surface area (Å²) in [4.78, 5) is 15.6. The van der Waals surface area contributed by atoms with Gasteiger partial charge in [-0.05, 0) is 36.9 Å². The summed E-state index contributed by atoms with van der Waals surface area (Å²) in [6.45, 7) is 2.48. The van der Waals surface area contributed by atoms with Crippen LogP contribution < -0.4 is 0 Å². The molecule has 0 saturated carbocycles. The van der Waals surface area contributed by atoms with Crippen LogP contribution in [0.1, 0.15) is 32.6 Å². The maximum atomic E-state index is 13.1. The van der Waals surface area contributed by atoms with Crippen molar-refractivity contribution >= 4 is 27.1 Å². The first-order chi connectivity index (χ1) is 13.5. The Morgan fingerprint density at radius 2 is 1.93 bits per heavy atom. The van der Waals surface area contributed by atoms with Gasteiger partial charge in [-0.15, -0.1) is 11.3 Å². The van der Waals surface area contributed by atoms with Crippen LogP contribution in [0.15, 0.2) is 54.0 Å². The van der Waals surface area contributed by atoms with E-state index in [4.69, 9.17) is 0 Å². The van der Waals surface area contributed by atoms with Crippen molar-refractivity contribution in [2.24, 2.45) is 0 Å². The van der Waals surface area contributed by atoms with Crippen molar-refractivity contribution in [2.45, 2.75) is 18.6 Å². The molecule has 2 aromatic heterocycles. The van der Waals surface area contributed by atoms with Gasteiger partial charge in [0.2, 0.25) is 0 Å². The van der Waals surface area contributed by atoms with Crippen LogP contribution in [0.5, 0.6) is 0 Å². The van der Waals surface area contributed by atoms with Crippen LogP contribution in [0.3, 0.4) is 0 Å². The number of hydrogen-bond donors (Lipinski definition) is 0. The van der Waals surface area contributed by atoms with E-state index < -0.39 is 15.1 Å². The molecule has 8 heteroatoms. The third-order valence-corrected chi connectivity index (χ3v) is 8.37. The van der Waals surface area contributed by atoms with Crippen LogP contribution in [0.2, 0.25) is 0 Å². The highest BCUT2D eigenvalue weighted by molar-refractivity contribution is 7.91. The molecule has 28 heavy (non-hydrogen) atoms. The predicted octanol–water partition coefficient (Wildman–Crippen LogP) is 3.24. The van der Waals surface area contributed by atoms with Gasteiger partial charge in [0.05, 0.1) is 34.1 Å². The molecule has 1 aliphatic rings. The van der Waals surface area contributed by atoms with Gasteiger partial charge in [-0.3, -0.25) is 4.79 Å². The lowest BCUT2D eigenvalue weighted by atomic mass is 10.2. The fourth-order valence-electron chi connectivity index (χ4n) is 3.56. The van der Waals surface area contributed by atoms with Gasteiger partial charge in [-0.25, -0.2) is 13.1 Å². The fourth-order valence-corrected chi connectivity index (χ4v) is 6.56. The number of thiophene rings is 1. The predicted molar refractivity (Wildman–Crippen MR) is 110 cm³/mol. The zero-order valence-corrected chi connectivity index (χ0v) is 17.1. The van der Waals surface area contributed by atoms with E-state index in [1.165, 1.54) is 11.3 Å². The van der Waals surface area contributed by atoms with Crippen molar-refractivity contribution in [2.75, 3.05) is 18.8 Å². The molecule has 0 radical (unpaired) electrons. The summed E-state index contributed by atoms with van der Waals surface area (Å²) in [6.07, 6.45) is 1.99. The monoisotopic (exact) mass is 415 g/mol. The number of sulfone groups is 1. The summed E-state index contributed by atoms with van der Waals surface area (Å²) in [5.41, 5.74) is 2.14. The van der Waals surface area contributed by atoms with E-state index >= 15 is 0 Å². The summed E-state index contributed by atoms with van der Waals surface area (Å²) < 4.78 is 27.2. The molecule has 0 N–H and O–H groups in total. The number of benzene rings is 1. The van der Waals surface area contributed by atoms with E-state index in [9.17, 15) is 13.2 Å². The van der Waals surface area contributed by atoms with Crippen molar-refractivity contribution in [3.05, 3.63) is 70.2 Å². The average Bonchev–Trinajstić information content (AvgIpc) is 3.31. The molecule has 1 amide bonds. The second kappa shape index (κ2) is 7.52. The average molecular weight is 416 g/mol. The summed E-state index contributed by atoms with van der Waals surface area (Å²) in [5.74, 6) is -0.186. The molecule has 1 atom stereocenters. The van der Waals surface area contributed by atoms with Crippen molar-refractivity contribution in [1.82, 2.24) is 14.7 Å². The van der Waals surface area contributed by atoms with Crippen LogP contribution in [0.25, 0.3) is 5.69 Å². The first-order valence-corrected chi connectivity index (χ1v) is 11.7. The Bertz CT molecular complexity index is 1070. The molecular formula is C20H21N3O3S2. The number of nitrogens with zero attached hydrogens (tertiary/aromatic N) is 3. The van der Waals surface area contributed by atoms with Crippen LogP contribution in [-0.2, 0) is 9.84 Å². The lowest BCUT2D eigenvalue weighted by Gasteiger charge is -2.19. The molecule has 6 nitrogen and oxygen atoms in total. The van der Waals surface area contributed by atoms with Gasteiger partial charge in [0.15, 0.2) is 9.84 Å². The fraction of sp³-hybridized carbons (Fsp3) is 0.300. The summed E-state index contributed by atoms with van der Waals surface area (Å²) >= 11 is 1.45. The number of rotatable bonds is 3. The van der Waals surface area contributed by atoms with E-state index in [-0.39, 0.29) is 18.2 Å². The van der Waals surface area contributed by atoms with E-state index in [1.54, 1.807) is 15.8 Å². The molecule has 0 bridgehead atoms. The molecule has 0 spiro atoms. The third-order valence-electron chi connectivity index (χ3n) is 5.13. The van der Waals surface area contributed by atoms with Crippen LogP contribution >= 0.6 is 11.3 Å². The molecule has 4 rings (SSSR count). The van der Waals surface area contributed by atoms with E-state index in [1.807, 2.05) is 54.8 Å². The number of carbonyl (C=O) groups excluding carboxylic acids is 1. The summed E-state index contributed by atoms with van der Waals surface area (Å²) in [6, 6.07) is 13.3. The highest BCUT2D eigenvalue weighted by atomic mass is 32.2. The van der Waals surface area contributed by atoms with Crippen molar-refractivity contribution < 1.29 is 13.2 Å². The number of aromatic nitrogens is 2. The van der Waals surface area contributed by atoms with Gasteiger partial charge < -0.3 is 4.90 Å². The normalized spacial score (nSPS) is 19.3. The highest BCUT2D eigenvalue weighted by Gasteiger charge is 2.34. The van der Waals surface area contributed by atoms with Crippen LogP contribution in [0, 0.1) is 6.92 Å². The van der Waals surface area contributed by atoms with Crippen LogP contribution in [0.4, 0.5) is 0 Å². The summed E-state index contributed by atoms with van der Waals surface area (Å²) in [5, 5.41) is 5.72. The zero-order valence-electron chi connectivity index (χ0n) is 15.5. The Labute approximate surface area is 168 Å². The molecule has 3 heterocycles. The summed E-state index contributed by atoms with van der Waals surface area (Å²) in [7, 11) is -3.28. The van der Waals surface area contributed by atoms with Gasteiger partial charge in [0.25, 0.3) is 5.91 Å². The Kier molecular flexibility index (Phi) is 5.07. The number of carbonyl (C=O) groups is 1. The molecule has 146 valence electrons. The first kappa shape index (κ1) is 18.9. The largest absolute Gasteiger partial charge is 0.337 e. The molecule has 1 saturated heterocycles. The Balaban J connectivity index is 1.57. The zero-order chi connectivity index (χ0) is 19.7. The molecule has 1 unspecified atom stereocenters. The molecule has 1 aromatic carbocycles.